The van der Waals surface area contributed by atoms with Gasteiger partial charge in [-0.25, -0.2) is 9.59 Å². The minimum Gasteiger partial charge on any atom is -0.465 e. The summed E-state index contributed by atoms with van der Waals surface area (Å²) < 4.78 is 4.62. The predicted molar refractivity (Wildman–Crippen MR) is 99.0 cm³/mol. The van der Waals surface area contributed by atoms with E-state index in [0.717, 1.165) is 0 Å². The van der Waals surface area contributed by atoms with Crippen molar-refractivity contribution in [1.29, 1.82) is 0 Å². The number of allylic oxidation sites excluding steroid dienone is 3. The second-order valence-corrected chi connectivity index (χ2v) is 4.27. The number of carbonyl (C=O) groups is 2. The zero-order chi connectivity index (χ0) is 19.2. The number of hydrogen-bond acceptors (Lipinski definition) is 5. The van der Waals surface area contributed by atoms with Crippen molar-refractivity contribution in [3.63, 3.8) is 0 Å². The largest absolute Gasteiger partial charge is 0.465 e. The van der Waals surface area contributed by atoms with Crippen LogP contribution in [0.25, 0.3) is 0 Å². The lowest BCUT2D eigenvalue weighted by atomic mass is 10.1. The summed E-state index contributed by atoms with van der Waals surface area (Å²) in [5.41, 5.74) is 6.82. The highest BCUT2D eigenvalue weighted by molar-refractivity contribution is 6.00. The van der Waals surface area contributed by atoms with Crippen LogP contribution in [0.4, 0.5) is 0 Å². The quantitative estimate of drug-likeness (QED) is 0.162. The molecule has 0 saturated carbocycles. The number of carbonyl (C=O) groups excluding carboxylic acids is 2. The van der Waals surface area contributed by atoms with Crippen LogP contribution in [0, 0.1) is 0 Å². The van der Waals surface area contributed by atoms with Gasteiger partial charge >= 0.3 is 11.9 Å². The van der Waals surface area contributed by atoms with Crippen molar-refractivity contribution in [1.82, 2.24) is 0 Å². The van der Waals surface area contributed by atoms with Crippen LogP contribution in [-0.2, 0) is 14.4 Å². The van der Waals surface area contributed by atoms with E-state index in [4.69, 9.17) is 10.6 Å². The lowest BCUT2D eigenvalue weighted by Gasteiger charge is -2.04. The molecule has 134 valence electrons. The summed E-state index contributed by atoms with van der Waals surface area (Å²) in [6, 6.07) is 6.32. The van der Waals surface area contributed by atoms with E-state index in [0.29, 0.717) is 16.7 Å². The zero-order valence-electron chi connectivity index (χ0n) is 15.0. The van der Waals surface area contributed by atoms with E-state index < -0.39 is 11.9 Å². The number of ether oxygens (including phenoxy) is 1. The van der Waals surface area contributed by atoms with E-state index in [-0.39, 0.29) is 5.84 Å². The van der Waals surface area contributed by atoms with Gasteiger partial charge in [-0.2, -0.15) is 0 Å². The summed E-state index contributed by atoms with van der Waals surface area (Å²) in [4.78, 5) is 28.1. The smallest absolute Gasteiger partial charge is 0.365 e. The molecule has 0 aliphatic heterocycles. The Bertz CT molecular complexity index is 688. The van der Waals surface area contributed by atoms with Crippen molar-refractivity contribution in [3.05, 3.63) is 71.8 Å². The van der Waals surface area contributed by atoms with Crippen LogP contribution >= 0.6 is 0 Å². The molecule has 6 heteroatoms. The number of nitrogens with two attached hydrogens (primary N) is 1. The first-order valence-corrected chi connectivity index (χ1v) is 7.72. The zero-order valence-corrected chi connectivity index (χ0v) is 15.0. The van der Waals surface area contributed by atoms with Crippen molar-refractivity contribution in [2.75, 3.05) is 7.11 Å². The molecule has 0 aliphatic rings. The molecular weight excluding hydrogens is 320 g/mol. The minimum atomic E-state index is -0.655. The van der Waals surface area contributed by atoms with Gasteiger partial charge in [0.05, 0.1) is 18.2 Å². The first kappa shape index (κ1) is 21.9. The molecular formula is C19H24N2O4. The van der Waals surface area contributed by atoms with E-state index in [1.807, 2.05) is 13.8 Å². The average molecular weight is 344 g/mol. The summed E-state index contributed by atoms with van der Waals surface area (Å²) in [6.07, 6.45) is 6.25. The summed E-state index contributed by atoms with van der Waals surface area (Å²) in [5.74, 6) is -1.19. The van der Waals surface area contributed by atoms with E-state index in [2.05, 4.69) is 16.5 Å². The van der Waals surface area contributed by atoms with Crippen molar-refractivity contribution in [2.24, 2.45) is 10.9 Å². The predicted octanol–water partition coefficient (Wildman–Crippen LogP) is 3.35. The first-order chi connectivity index (χ1) is 12.0. The van der Waals surface area contributed by atoms with Gasteiger partial charge in [-0.3, -0.25) is 0 Å². The van der Waals surface area contributed by atoms with Crippen LogP contribution in [0.1, 0.15) is 36.7 Å². The fourth-order valence-electron chi connectivity index (χ4n) is 1.57. The van der Waals surface area contributed by atoms with Crippen molar-refractivity contribution < 1.29 is 19.2 Å². The van der Waals surface area contributed by atoms with Crippen LogP contribution in [-0.4, -0.2) is 24.9 Å². The third kappa shape index (κ3) is 7.30. The second-order valence-electron chi connectivity index (χ2n) is 4.27. The van der Waals surface area contributed by atoms with Gasteiger partial charge in [-0.15, -0.1) is 0 Å². The maximum Gasteiger partial charge on any atom is 0.365 e. The molecule has 0 unspecified atom stereocenters. The van der Waals surface area contributed by atoms with Crippen molar-refractivity contribution in [3.8, 4) is 0 Å². The molecule has 0 spiro atoms. The number of hydrogen-bond donors (Lipinski definition) is 1. The van der Waals surface area contributed by atoms with E-state index in [9.17, 15) is 9.59 Å². The molecule has 25 heavy (non-hydrogen) atoms. The van der Waals surface area contributed by atoms with Gasteiger partial charge in [-0.05, 0) is 25.1 Å². The van der Waals surface area contributed by atoms with E-state index >= 15 is 0 Å². The molecule has 2 N–H and O–H groups in total. The van der Waals surface area contributed by atoms with Gasteiger partial charge in [0.25, 0.3) is 0 Å². The Morgan fingerprint density at radius 2 is 1.88 bits per heavy atom. The van der Waals surface area contributed by atoms with Gasteiger partial charge in [0.1, 0.15) is 0 Å². The normalized spacial score (nSPS) is 11.4. The lowest BCUT2D eigenvalue weighted by Crippen LogP contribution is -2.16. The molecule has 0 atom stereocenters. The number of benzene rings is 1. The fraction of sp³-hybridized carbons (Fsp3) is 0.211. The van der Waals surface area contributed by atoms with Crippen LogP contribution in [0.15, 0.2) is 65.9 Å². The van der Waals surface area contributed by atoms with Crippen LogP contribution in [0.2, 0.25) is 0 Å². The molecule has 0 fully saturated rings. The third-order valence-electron chi connectivity index (χ3n) is 2.76. The molecule has 6 nitrogen and oxygen atoms in total. The topological polar surface area (TPSA) is 91.0 Å². The van der Waals surface area contributed by atoms with Gasteiger partial charge in [0.15, 0.2) is 5.84 Å². The molecule has 0 heterocycles. The first-order valence-electron chi connectivity index (χ1n) is 7.72. The average Bonchev–Trinajstić information content (AvgIpc) is 2.67. The molecule has 1 aromatic carbocycles. The minimum absolute atomic E-state index is 0.0349. The van der Waals surface area contributed by atoms with Gasteiger partial charge < -0.3 is 15.3 Å². The van der Waals surface area contributed by atoms with Crippen LogP contribution in [0.3, 0.4) is 0 Å². The van der Waals surface area contributed by atoms with E-state index in [1.165, 1.54) is 19.3 Å². The number of oxime groups is 1. The molecule has 0 radical (unpaired) electrons. The Morgan fingerprint density at radius 3 is 2.44 bits per heavy atom. The lowest BCUT2D eigenvalue weighted by molar-refractivity contribution is -0.138. The molecule has 0 bridgehead atoms. The molecule has 0 aliphatic carbocycles. The summed E-state index contributed by atoms with van der Waals surface area (Å²) >= 11 is 0. The van der Waals surface area contributed by atoms with Gasteiger partial charge in [0.2, 0.25) is 0 Å². The van der Waals surface area contributed by atoms with Crippen molar-refractivity contribution in [2.45, 2.75) is 20.8 Å². The van der Waals surface area contributed by atoms with Crippen molar-refractivity contribution >= 4 is 17.8 Å². The van der Waals surface area contributed by atoms with E-state index in [1.54, 1.807) is 43.4 Å². The Morgan fingerprint density at radius 1 is 1.24 bits per heavy atom. The number of esters is 1. The molecule has 0 saturated heterocycles. The third-order valence-corrected chi connectivity index (χ3v) is 2.76. The highest BCUT2D eigenvalue weighted by atomic mass is 16.7. The second kappa shape index (κ2) is 12.3. The Labute approximate surface area is 148 Å². The molecule has 0 amide bonds. The maximum atomic E-state index is 11.8. The van der Waals surface area contributed by atoms with Gasteiger partial charge in [-0.1, -0.05) is 55.9 Å². The summed E-state index contributed by atoms with van der Waals surface area (Å²) in [7, 11) is 1.28. The Balaban J connectivity index is 0.00000277. The summed E-state index contributed by atoms with van der Waals surface area (Å²) in [6.45, 7) is 9.21. The summed E-state index contributed by atoms with van der Waals surface area (Å²) in [5, 5.41) is 3.59. The Hall–Kier alpha value is -3.15. The maximum absolute atomic E-state index is 11.8. The molecule has 0 aromatic heterocycles. The van der Waals surface area contributed by atoms with Gasteiger partial charge in [0, 0.05) is 5.56 Å². The highest BCUT2D eigenvalue weighted by Crippen LogP contribution is 2.07. The number of rotatable bonds is 6. The monoisotopic (exact) mass is 344 g/mol. The Kier molecular flexibility index (Phi) is 10.7. The highest BCUT2D eigenvalue weighted by Gasteiger charge is 2.10. The molecule has 1 aromatic rings. The standard InChI is InChI=1S/C17H18N2O4.C2H6/c1-4-6-8-12(5-2)17(21)23-19-15(18)13-9-7-10-14(11-13)16(20)22-3;1-2/h4-11H,1H2,2-3H3,(H2,18,19);1-2H3/b8-6-,12-5+;. The fourth-order valence-corrected chi connectivity index (χ4v) is 1.57. The number of amidine groups is 1. The molecule has 1 rings (SSSR count). The SMILES string of the molecule is C=C/C=C\C(=C/C)C(=O)O/N=C(\N)c1cccc(C(=O)OC)c1.CC. The number of methoxy groups -OCH3 is 1. The number of nitrogens with zero attached hydrogens (tertiary/aromatic N) is 1. The van der Waals surface area contributed by atoms with Crippen LogP contribution < -0.4 is 5.73 Å². The van der Waals surface area contributed by atoms with Crippen LogP contribution in [0.5, 0.6) is 0 Å².